The summed E-state index contributed by atoms with van der Waals surface area (Å²) < 4.78 is 26.7. The van der Waals surface area contributed by atoms with Gasteiger partial charge in [-0.2, -0.15) is 0 Å². The maximum Gasteiger partial charge on any atom is 0.242 e. The third-order valence-corrected chi connectivity index (χ3v) is 4.52. The lowest BCUT2D eigenvalue weighted by molar-refractivity contribution is 0.581. The Morgan fingerprint density at radius 2 is 2.10 bits per heavy atom. The number of pyridine rings is 2. The number of sulfonamides is 1. The highest BCUT2D eigenvalue weighted by Gasteiger charge is 2.15. The molecule has 0 aromatic carbocycles. The van der Waals surface area contributed by atoms with E-state index in [1.807, 2.05) is 18.2 Å². The van der Waals surface area contributed by atoms with Gasteiger partial charge in [-0.1, -0.05) is 17.7 Å². The minimum atomic E-state index is -3.57. The Morgan fingerprint density at radius 3 is 2.75 bits per heavy atom. The number of nitrogens with one attached hydrogen (secondary N) is 1. The zero-order valence-corrected chi connectivity index (χ0v) is 12.4. The second kappa shape index (κ2) is 6.30. The highest BCUT2D eigenvalue weighted by atomic mass is 35.5. The van der Waals surface area contributed by atoms with Crippen LogP contribution >= 0.6 is 11.6 Å². The van der Waals surface area contributed by atoms with Crippen molar-refractivity contribution in [1.29, 1.82) is 0 Å². The molecule has 0 fully saturated rings. The minimum Gasteiger partial charge on any atom is -0.261 e. The third-order valence-electron chi connectivity index (χ3n) is 2.70. The summed E-state index contributed by atoms with van der Waals surface area (Å²) in [6.45, 7) is 1.99. The van der Waals surface area contributed by atoms with E-state index in [2.05, 4.69) is 14.7 Å². The number of hydrogen-bond acceptors (Lipinski definition) is 4. The molecule has 1 N–H and O–H groups in total. The zero-order valence-electron chi connectivity index (χ0n) is 10.9. The minimum absolute atomic E-state index is 0.112. The molecule has 106 valence electrons. The Hall–Kier alpha value is -1.50. The van der Waals surface area contributed by atoms with Crippen LogP contribution in [0.5, 0.6) is 0 Å². The van der Waals surface area contributed by atoms with Gasteiger partial charge >= 0.3 is 0 Å². The van der Waals surface area contributed by atoms with Gasteiger partial charge in [-0.3, -0.25) is 4.98 Å². The van der Waals surface area contributed by atoms with Gasteiger partial charge in [0.15, 0.2) is 0 Å². The van der Waals surface area contributed by atoms with E-state index in [0.717, 1.165) is 5.69 Å². The van der Waals surface area contributed by atoms with E-state index in [9.17, 15) is 8.42 Å². The largest absolute Gasteiger partial charge is 0.261 e. The Morgan fingerprint density at radius 1 is 1.30 bits per heavy atom. The molecule has 0 spiro atoms. The van der Waals surface area contributed by atoms with Crippen LogP contribution in [0.2, 0.25) is 5.15 Å². The van der Waals surface area contributed by atoms with E-state index in [4.69, 9.17) is 11.6 Å². The smallest absolute Gasteiger partial charge is 0.242 e. The first-order chi connectivity index (χ1) is 9.49. The number of rotatable bonds is 5. The summed E-state index contributed by atoms with van der Waals surface area (Å²) in [5.41, 5.74) is 1.46. The maximum absolute atomic E-state index is 12.1. The van der Waals surface area contributed by atoms with Gasteiger partial charge in [-0.25, -0.2) is 18.1 Å². The summed E-state index contributed by atoms with van der Waals surface area (Å²) >= 11 is 5.78. The van der Waals surface area contributed by atoms with Crippen molar-refractivity contribution in [3.8, 4) is 0 Å². The molecule has 0 bridgehead atoms. The van der Waals surface area contributed by atoms with Crippen molar-refractivity contribution in [1.82, 2.24) is 14.7 Å². The molecule has 2 aromatic heterocycles. The second-order valence-corrected chi connectivity index (χ2v) is 6.37. The van der Waals surface area contributed by atoms with Crippen molar-refractivity contribution in [2.24, 2.45) is 0 Å². The van der Waals surface area contributed by atoms with Crippen molar-refractivity contribution < 1.29 is 8.42 Å². The van der Waals surface area contributed by atoms with E-state index in [0.29, 0.717) is 17.1 Å². The Balaban J connectivity index is 2.02. The van der Waals surface area contributed by atoms with Crippen LogP contribution in [-0.2, 0) is 16.4 Å². The zero-order chi connectivity index (χ0) is 14.6. The van der Waals surface area contributed by atoms with Gasteiger partial charge in [0, 0.05) is 31.1 Å². The molecule has 0 amide bonds. The van der Waals surface area contributed by atoms with Gasteiger partial charge in [0.1, 0.15) is 10.0 Å². The van der Waals surface area contributed by atoms with Crippen LogP contribution in [0, 0.1) is 6.92 Å². The quantitative estimate of drug-likeness (QED) is 0.857. The lowest BCUT2D eigenvalue weighted by atomic mass is 10.3. The molecule has 0 atom stereocenters. The lowest BCUT2D eigenvalue weighted by Crippen LogP contribution is -2.26. The molecule has 0 radical (unpaired) electrons. The van der Waals surface area contributed by atoms with Crippen molar-refractivity contribution in [2.45, 2.75) is 18.2 Å². The highest BCUT2D eigenvalue weighted by molar-refractivity contribution is 7.89. The molecule has 2 rings (SSSR count). The fourth-order valence-electron chi connectivity index (χ4n) is 1.62. The van der Waals surface area contributed by atoms with Crippen molar-refractivity contribution in [3.63, 3.8) is 0 Å². The number of aromatic nitrogens is 2. The van der Waals surface area contributed by atoms with Crippen LogP contribution in [0.3, 0.4) is 0 Å². The average molecular weight is 312 g/mol. The Kier molecular flexibility index (Phi) is 4.69. The average Bonchev–Trinajstić information content (AvgIpc) is 2.43. The summed E-state index contributed by atoms with van der Waals surface area (Å²) in [6, 6.07) is 7.03. The van der Waals surface area contributed by atoms with Crippen molar-refractivity contribution in [2.75, 3.05) is 6.54 Å². The lowest BCUT2D eigenvalue weighted by Gasteiger charge is -2.07. The molecule has 20 heavy (non-hydrogen) atoms. The summed E-state index contributed by atoms with van der Waals surface area (Å²) in [6.07, 6.45) is 3.45. The normalized spacial score (nSPS) is 11.5. The van der Waals surface area contributed by atoms with E-state index in [1.54, 1.807) is 13.1 Å². The Labute approximate surface area is 123 Å². The van der Waals surface area contributed by atoms with Crippen LogP contribution in [0.1, 0.15) is 11.3 Å². The molecular formula is C13H14ClN3O2S. The van der Waals surface area contributed by atoms with E-state index in [-0.39, 0.29) is 11.4 Å². The first-order valence-corrected chi connectivity index (χ1v) is 7.87. The summed E-state index contributed by atoms with van der Waals surface area (Å²) in [7, 11) is -3.57. The van der Waals surface area contributed by atoms with E-state index >= 15 is 0 Å². The molecule has 0 aliphatic carbocycles. The summed E-state index contributed by atoms with van der Waals surface area (Å²) in [5, 5.41) is 0.303. The molecule has 0 unspecified atom stereocenters. The van der Waals surface area contributed by atoms with Gasteiger partial charge in [-0.15, -0.1) is 0 Å². The van der Waals surface area contributed by atoms with Crippen LogP contribution in [0.25, 0.3) is 0 Å². The van der Waals surface area contributed by atoms with Gasteiger partial charge in [-0.05, 0) is 30.7 Å². The highest BCUT2D eigenvalue weighted by Crippen LogP contribution is 2.16. The summed E-state index contributed by atoms with van der Waals surface area (Å²) in [4.78, 5) is 8.09. The molecule has 5 nitrogen and oxygen atoms in total. The molecule has 0 saturated carbocycles. The van der Waals surface area contributed by atoms with Gasteiger partial charge in [0.05, 0.1) is 0 Å². The van der Waals surface area contributed by atoms with E-state index < -0.39 is 10.0 Å². The third kappa shape index (κ3) is 3.75. The maximum atomic E-state index is 12.1. The molecule has 2 aromatic rings. The predicted molar refractivity (Wildman–Crippen MR) is 77.1 cm³/mol. The standard InChI is InChI=1S/C13H14ClN3O2S/c1-10-8-12(9-16-13(10)14)20(18,19)17-7-5-11-4-2-3-6-15-11/h2-4,6,8-9,17H,5,7H2,1H3. The predicted octanol–water partition coefficient (Wildman–Crippen LogP) is 1.96. The summed E-state index contributed by atoms with van der Waals surface area (Å²) in [5.74, 6) is 0. The molecule has 7 heteroatoms. The van der Waals surface area contributed by atoms with Gasteiger partial charge in [0.25, 0.3) is 0 Å². The fraction of sp³-hybridized carbons (Fsp3) is 0.231. The molecule has 0 saturated heterocycles. The molecule has 0 aliphatic heterocycles. The molecule has 2 heterocycles. The van der Waals surface area contributed by atoms with Crippen LogP contribution in [0.4, 0.5) is 0 Å². The first-order valence-electron chi connectivity index (χ1n) is 6.01. The van der Waals surface area contributed by atoms with E-state index in [1.165, 1.54) is 12.3 Å². The molecular weight excluding hydrogens is 298 g/mol. The number of nitrogens with zero attached hydrogens (tertiary/aromatic N) is 2. The van der Waals surface area contributed by atoms with Crippen LogP contribution < -0.4 is 4.72 Å². The number of aryl methyl sites for hydroxylation is 1. The van der Waals surface area contributed by atoms with Crippen LogP contribution in [0.15, 0.2) is 41.6 Å². The van der Waals surface area contributed by atoms with Gasteiger partial charge < -0.3 is 0 Å². The monoisotopic (exact) mass is 311 g/mol. The number of halogens is 1. The van der Waals surface area contributed by atoms with Crippen LogP contribution in [-0.4, -0.2) is 24.9 Å². The molecule has 0 aliphatic rings. The van der Waals surface area contributed by atoms with Crippen molar-refractivity contribution in [3.05, 3.63) is 53.1 Å². The first kappa shape index (κ1) is 14.9. The van der Waals surface area contributed by atoms with Gasteiger partial charge in [0.2, 0.25) is 10.0 Å². The number of hydrogen-bond donors (Lipinski definition) is 1. The fourth-order valence-corrected chi connectivity index (χ4v) is 2.79. The SMILES string of the molecule is Cc1cc(S(=O)(=O)NCCc2ccccn2)cnc1Cl. The Bertz CT molecular complexity index is 690. The van der Waals surface area contributed by atoms with Crippen molar-refractivity contribution >= 4 is 21.6 Å². The topological polar surface area (TPSA) is 72.0 Å². The second-order valence-electron chi connectivity index (χ2n) is 4.25.